The fraction of sp³-hybridized carbons (Fsp3) is 0.0370. The number of hydrogen-bond acceptors (Lipinski definition) is 7. The Kier molecular flexibility index (Phi) is 9.00. The van der Waals surface area contributed by atoms with Crippen LogP contribution in [0.3, 0.4) is 0 Å². The van der Waals surface area contributed by atoms with E-state index in [1.54, 1.807) is 9.21 Å². The third-order valence-corrected chi connectivity index (χ3v) is 10.1. The Hall–Kier alpha value is -3.01. The molecule has 3 unspecified atom stereocenters. The van der Waals surface area contributed by atoms with Gasteiger partial charge < -0.3 is 18.7 Å². The Balaban J connectivity index is 1.49. The molecule has 5 rings (SSSR count). The molecule has 1 aliphatic rings. The summed E-state index contributed by atoms with van der Waals surface area (Å²) < 4.78 is 16.6. The summed E-state index contributed by atoms with van der Waals surface area (Å²) in [7, 11) is -3.04. The number of rotatable bonds is 10. The van der Waals surface area contributed by atoms with Crippen molar-refractivity contribution in [3.8, 4) is 23.0 Å². The van der Waals surface area contributed by atoms with Gasteiger partial charge in [-0.2, -0.15) is 0 Å². The third kappa shape index (κ3) is 6.85. The molecule has 0 saturated carbocycles. The van der Waals surface area contributed by atoms with Crippen LogP contribution in [0.25, 0.3) is 0 Å². The Morgan fingerprint density at radius 2 is 1.27 bits per heavy atom. The van der Waals surface area contributed by atoms with Crippen molar-refractivity contribution < 1.29 is 18.7 Å². The molecule has 4 aromatic carbocycles. The summed E-state index contributed by atoms with van der Waals surface area (Å²) in [6, 6.07) is 36.8. The van der Waals surface area contributed by atoms with E-state index in [1.165, 1.54) is 0 Å². The molecule has 1 heterocycles. The molecular weight excluding hydrogens is 523 g/mol. The molecule has 0 radical (unpaired) electrons. The third-order valence-electron chi connectivity index (χ3n) is 5.02. The second-order valence-corrected chi connectivity index (χ2v) is 12.4. The predicted molar refractivity (Wildman–Crippen MR) is 151 cm³/mol. The summed E-state index contributed by atoms with van der Waals surface area (Å²) in [5, 5.41) is 0. The maximum absolute atomic E-state index is 6.56. The van der Waals surface area contributed by atoms with Crippen molar-refractivity contribution in [1.29, 1.82) is 0 Å². The van der Waals surface area contributed by atoms with Crippen LogP contribution in [0.1, 0.15) is 5.56 Å². The average molecular weight is 549 g/mol. The lowest BCUT2D eigenvalue weighted by atomic mass is 10.1. The van der Waals surface area contributed by atoms with Crippen molar-refractivity contribution in [3.05, 3.63) is 133 Å². The molecule has 3 atom stereocenters. The molecule has 0 spiro atoms. The summed E-state index contributed by atoms with van der Waals surface area (Å²) >= 11 is 0. The fourth-order valence-electron chi connectivity index (χ4n) is 3.31. The van der Waals surface area contributed by atoms with Gasteiger partial charge >= 0.3 is 8.45 Å². The minimum Gasteiger partial charge on any atom is -0.442 e. The van der Waals surface area contributed by atoms with E-state index in [1.807, 2.05) is 121 Å². The minimum atomic E-state index is -1.62. The highest BCUT2D eigenvalue weighted by atomic mass is 31.3. The van der Waals surface area contributed by atoms with Gasteiger partial charge in [0.25, 0.3) is 8.45 Å². The van der Waals surface area contributed by atoms with Crippen LogP contribution in [0.15, 0.2) is 128 Å². The summed E-state index contributed by atoms with van der Waals surface area (Å²) in [5.41, 5.74) is 1.04. The second-order valence-electron chi connectivity index (χ2n) is 7.68. The first-order chi connectivity index (χ1) is 18.3. The smallest absolute Gasteiger partial charge is 0.332 e. The second kappa shape index (κ2) is 13.0. The van der Waals surface area contributed by atoms with Gasteiger partial charge in [0.05, 0.1) is 8.88 Å². The molecule has 0 aromatic heterocycles. The minimum absolute atomic E-state index is 0.0537. The van der Waals surface area contributed by atoms with Gasteiger partial charge in [-0.25, -0.2) is 4.86 Å². The van der Waals surface area contributed by atoms with E-state index in [2.05, 4.69) is 11.4 Å². The van der Waals surface area contributed by atoms with E-state index < -0.39 is 16.9 Å². The molecule has 37 heavy (non-hydrogen) atoms. The average Bonchev–Trinajstić information content (AvgIpc) is 2.94. The van der Waals surface area contributed by atoms with Crippen molar-refractivity contribution in [2.75, 3.05) is 0 Å². The van der Waals surface area contributed by atoms with Crippen LogP contribution in [-0.4, -0.2) is 9.21 Å². The summed E-state index contributed by atoms with van der Waals surface area (Å²) in [4.78, 5) is 16.2. The van der Waals surface area contributed by atoms with Crippen molar-refractivity contribution in [2.45, 2.75) is 6.42 Å². The number of benzene rings is 4. The van der Waals surface area contributed by atoms with E-state index in [9.17, 15) is 0 Å². The van der Waals surface area contributed by atoms with Crippen molar-refractivity contribution in [3.63, 3.8) is 0 Å². The van der Waals surface area contributed by atoms with E-state index in [-0.39, 0.29) is 8.88 Å². The Bertz CT molecular complexity index is 1270. The fourth-order valence-corrected chi connectivity index (χ4v) is 8.93. The zero-order chi connectivity index (χ0) is 25.3. The summed E-state index contributed by atoms with van der Waals surface area (Å²) in [5.74, 6) is 2.82. The highest BCUT2D eigenvalue weighted by Crippen LogP contribution is 2.65. The standard InChI is InChI=1S/C27H26N3O4P3/c1-2-14-23-15-12-13-22-27(23)34-36-28-35-29(31-24-16-6-3-7-17-24)37(33-26-20-10-5-11-21-26)30(36)32-25-18-8-4-9-19-25/h2-13,15-22,28,35H,1,14H2. The van der Waals surface area contributed by atoms with Crippen molar-refractivity contribution >= 4 is 25.8 Å². The van der Waals surface area contributed by atoms with Crippen LogP contribution in [0, 0.1) is 0 Å². The van der Waals surface area contributed by atoms with Gasteiger partial charge in [-0.15, -0.1) is 6.58 Å². The molecule has 7 nitrogen and oxygen atoms in total. The van der Waals surface area contributed by atoms with Crippen LogP contribution in [0.5, 0.6) is 23.0 Å². The van der Waals surface area contributed by atoms with E-state index >= 15 is 0 Å². The van der Waals surface area contributed by atoms with E-state index in [0.29, 0.717) is 23.7 Å². The maximum Gasteiger partial charge on any atom is 0.332 e. The lowest BCUT2D eigenvalue weighted by Gasteiger charge is -2.41. The molecule has 188 valence electrons. The van der Waals surface area contributed by atoms with Crippen LogP contribution in [0.2, 0.25) is 0 Å². The summed E-state index contributed by atoms with van der Waals surface area (Å²) in [6.07, 6.45) is 2.56. The number of nitrogens with one attached hydrogen (secondary N) is 1. The molecule has 0 bridgehead atoms. The lowest BCUT2D eigenvalue weighted by Crippen LogP contribution is -2.37. The monoisotopic (exact) mass is 549 g/mol. The molecule has 1 saturated heterocycles. The van der Waals surface area contributed by atoms with Gasteiger partial charge in [0, 0.05) is 4.60 Å². The normalized spacial score (nSPS) is 18.7. The number of nitrogens with zero attached hydrogens (tertiary/aromatic N) is 2. The molecular formula is C27H26N3O4P3. The first-order valence-corrected chi connectivity index (χ1v) is 14.9. The van der Waals surface area contributed by atoms with Gasteiger partial charge in [-0.1, -0.05) is 78.9 Å². The van der Waals surface area contributed by atoms with Gasteiger partial charge in [-0.05, 0) is 59.1 Å². The quantitative estimate of drug-likeness (QED) is 0.159. The van der Waals surface area contributed by atoms with E-state index in [0.717, 1.165) is 11.3 Å². The van der Waals surface area contributed by atoms with E-state index in [4.69, 9.17) is 18.7 Å². The number of hydrogen-bond donors (Lipinski definition) is 1. The number of allylic oxidation sites excluding steroid dienone is 1. The molecule has 1 fully saturated rings. The summed E-state index contributed by atoms with van der Waals surface area (Å²) in [6.45, 7) is 3.88. The highest BCUT2D eigenvalue weighted by Gasteiger charge is 2.46. The largest absolute Gasteiger partial charge is 0.442 e. The Morgan fingerprint density at radius 1 is 0.703 bits per heavy atom. The molecule has 10 heteroatoms. The van der Waals surface area contributed by atoms with Crippen LogP contribution < -0.4 is 23.6 Å². The van der Waals surface area contributed by atoms with Crippen LogP contribution in [0.4, 0.5) is 0 Å². The zero-order valence-corrected chi connectivity index (χ0v) is 22.7. The molecule has 0 amide bonds. The van der Waals surface area contributed by atoms with Gasteiger partial charge in [0.15, 0.2) is 0 Å². The van der Waals surface area contributed by atoms with Crippen molar-refractivity contribution in [1.82, 2.24) is 14.1 Å². The highest BCUT2D eigenvalue weighted by molar-refractivity contribution is 7.74. The Labute approximate surface area is 221 Å². The molecule has 1 aliphatic heterocycles. The zero-order valence-electron chi connectivity index (χ0n) is 19.9. The molecule has 0 aliphatic carbocycles. The van der Waals surface area contributed by atoms with Gasteiger partial charge in [0.2, 0.25) is 0 Å². The first-order valence-electron chi connectivity index (χ1n) is 11.6. The molecule has 4 aromatic rings. The first kappa shape index (κ1) is 25.6. The topological polar surface area (TPSA) is 55.4 Å². The predicted octanol–water partition coefficient (Wildman–Crippen LogP) is 8.03. The lowest BCUT2D eigenvalue weighted by molar-refractivity contribution is 0.0676. The SMILES string of the molecule is C=CCc1ccccc1OP1NPN(Oc2ccccc2)P(Oc2ccccc2)N1Oc1ccccc1. The molecule has 1 N–H and O–H groups in total. The number of para-hydroxylation sites is 4. The maximum atomic E-state index is 6.56. The van der Waals surface area contributed by atoms with Crippen LogP contribution >= 0.6 is 25.8 Å². The van der Waals surface area contributed by atoms with Gasteiger partial charge in [-0.3, -0.25) is 0 Å². The van der Waals surface area contributed by atoms with Crippen molar-refractivity contribution in [2.24, 2.45) is 0 Å². The van der Waals surface area contributed by atoms with Gasteiger partial charge in [0.1, 0.15) is 23.0 Å². The van der Waals surface area contributed by atoms with Crippen LogP contribution in [-0.2, 0) is 6.42 Å². The Morgan fingerprint density at radius 3 is 1.92 bits per heavy atom.